The first kappa shape index (κ1) is 23.7. The maximum atomic E-state index is 13.2. The summed E-state index contributed by atoms with van der Waals surface area (Å²) in [4.78, 5) is 13.8. The van der Waals surface area contributed by atoms with Crippen molar-refractivity contribution >= 4 is 49.9 Å². The summed E-state index contributed by atoms with van der Waals surface area (Å²) in [6.07, 6.45) is 1.42. The molecule has 0 spiro atoms. The summed E-state index contributed by atoms with van der Waals surface area (Å²) in [5.74, 6) is -0.0325. The number of fused-ring (bicyclic) bond motifs is 1. The lowest BCUT2D eigenvalue weighted by Gasteiger charge is -2.12. The third kappa shape index (κ3) is 4.77. The molecule has 0 saturated carbocycles. The number of nitrogens with one attached hydrogen (secondary N) is 1. The van der Waals surface area contributed by atoms with E-state index in [1.54, 1.807) is 30.3 Å². The molecule has 0 atom stereocenters. The molecule has 2 N–H and O–H groups in total. The molecule has 0 bridgehead atoms. The maximum Gasteiger partial charge on any atom is 0.341 e. The number of carbonyl (C=O) groups is 1. The number of aromatic amines is 1. The van der Waals surface area contributed by atoms with Crippen LogP contribution in [-0.4, -0.2) is 38.2 Å². The minimum atomic E-state index is -3.83. The zero-order valence-corrected chi connectivity index (χ0v) is 19.9. The number of ether oxygens (including phenoxy) is 3. The van der Waals surface area contributed by atoms with Crippen LogP contribution in [0.2, 0.25) is 10.0 Å². The molecule has 0 saturated heterocycles. The van der Waals surface area contributed by atoms with Gasteiger partial charge >= 0.3 is 5.97 Å². The molecule has 1 aromatic heterocycles. The van der Waals surface area contributed by atoms with Crippen LogP contribution in [-0.2, 0) is 14.6 Å². The van der Waals surface area contributed by atoms with E-state index in [0.717, 1.165) is 0 Å². The molecule has 11 heteroatoms. The Balaban J connectivity index is 1.67. The van der Waals surface area contributed by atoms with Crippen molar-refractivity contribution in [1.29, 1.82) is 0 Å². The minimum absolute atomic E-state index is 0.0766. The fourth-order valence-electron chi connectivity index (χ4n) is 3.22. The second-order valence-corrected chi connectivity index (χ2v) is 9.77. The van der Waals surface area contributed by atoms with E-state index in [9.17, 15) is 13.2 Å². The standard InChI is InChI=1S/C23H17Cl2NO7S/c1-31-13-2-5-16(6-3-13)34(29,30)21-11-26-20-7-4-14(8-17(20)21)33-23-18(24)9-15(10-19(23)25)32-12-22(27)28/h2-11,26H,12H2,1H3,(H,27,28). The summed E-state index contributed by atoms with van der Waals surface area (Å²) in [5.41, 5.74) is 0.592. The van der Waals surface area contributed by atoms with Gasteiger partial charge in [0.15, 0.2) is 12.4 Å². The highest BCUT2D eigenvalue weighted by molar-refractivity contribution is 7.91. The number of hydrogen-bond donors (Lipinski definition) is 2. The Morgan fingerprint density at radius 1 is 0.971 bits per heavy atom. The van der Waals surface area contributed by atoms with Crippen molar-refractivity contribution in [2.45, 2.75) is 9.79 Å². The molecule has 0 aliphatic rings. The number of sulfone groups is 1. The van der Waals surface area contributed by atoms with Crippen molar-refractivity contribution in [3.8, 4) is 23.0 Å². The number of carboxylic acid groups (broad SMARTS) is 1. The highest BCUT2D eigenvalue weighted by Crippen LogP contribution is 2.40. The smallest absolute Gasteiger partial charge is 0.341 e. The Bertz CT molecular complexity index is 1460. The Hall–Kier alpha value is -3.40. The molecule has 0 amide bonds. The molecule has 0 unspecified atom stereocenters. The van der Waals surface area contributed by atoms with E-state index in [2.05, 4.69) is 4.98 Å². The van der Waals surface area contributed by atoms with Gasteiger partial charge in [-0.25, -0.2) is 13.2 Å². The normalized spacial score (nSPS) is 11.4. The van der Waals surface area contributed by atoms with E-state index in [4.69, 9.17) is 42.5 Å². The lowest BCUT2D eigenvalue weighted by Crippen LogP contribution is -2.09. The van der Waals surface area contributed by atoms with E-state index in [1.807, 2.05) is 0 Å². The molecule has 0 aliphatic heterocycles. The fourth-order valence-corrected chi connectivity index (χ4v) is 5.19. The maximum absolute atomic E-state index is 13.2. The number of aromatic nitrogens is 1. The van der Waals surface area contributed by atoms with Gasteiger partial charge in [0.05, 0.1) is 26.9 Å². The van der Waals surface area contributed by atoms with Gasteiger partial charge in [0.1, 0.15) is 17.2 Å². The van der Waals surface area contributed by atoms with Crippen LogP contribution in [0.1, 0.15) is 0 Å². The summed E-state index contributed by atoms with van der Waals surface area (Å²) < 4.78 is 42.5. The number of hydrogen-bond acceptors (Lipinski definition) is 6. The predicted octanol–water partition coefficient (Wildman–Crippen LogP) is 5.57. The SMILES string of the molecule is COc1ccc(S(=O)(=O)c2c[nH]c3ccc(Oc4c(Cl)cc(OCC(=O)O)cc4Cl)cc23)cc1. The van der Waals surface area contributed by atoms with Crippen molar-refractivity contribution in [2.24, 2.45) is 0 Å². The lowest BCUT2D eigenvalue weighted by molar-refractivity contribution is -0.139. The predicted molar refractivity (Wildman–Crippen MR) is 126 cm³/mol. The van der Waals surface area contributed by atoms with Gasteiger partial charge in [0.2, 0.25) is 9.84 Å². The number of rotatable bonds is 8. The second kappa shape index (κ2) is 9.46. The molecule has 0 aliphatic carbocycles. The quantitative estimate of drug-likeness (QED) is 0.311. The van der Waals surface area contributed by atoms with Crippen LogP contribution >= 0.6 is 23.2 Å². The third-order valence-corrected chi connectivity index (χ3v) is 7.20. The zero-order valence-electron chi connectivity index (χ0n) is 17.5. The highest BCUT2D eigenvalue weighted by Gasteiger charge is 2.22. The summed E-state index contributed by atoms with van der Waals surface area (Å²) >= 11 is 12.5. The molecule has 4 aromatic rings. The van der Waals surface area contributed by atoms with Gasteiger partial charge in [-0.05, 0) is 42.5 Å². The van der Waals surface area contributed by atoms with Crippen LogP contribution in [0.5, 0.6) is 23.0 Å². The van der Waals surface area contributed by atoms with Crippen molar-refractivity contribution in [1.82, 2.24) is 4.98 Å². The first-order valence-electron chi connectivity index (χ1n) is 9.71. The average Bonchev–Trinajstić information content (AvgIpc) is 3.24. The summed E-state index contributed by atoms with van der Waals surface area (Å²) in [6.45, 7) is -0.553. The summed E-state index contributed by atoms with van der Waals surface area (Å²) in [5, 5.41) is 9.34. The first-order chi connectivity index (χ1) is 16.2. The van der Waals surface area contributed by atoms with Crippen molar-refractivity contribution in [3.05, 3.63) is 70.8 Å². The van der Waals surface area contributed by atoms with Crippen LogP contribution < -0.4 is 14.2 Å². The van der Waals surface area contributed by atoms with Gasteiger partial charge < -0.3 is 24.3 Å². The largest absolute Gasteiger partial charge is 0.497 e. The van der Waals surface area contributed by atoms with Gasteiger partial charge in [-0.1, -0.05) is 23.2 Å². The third-order valence-electron chi connectivity index (χ3n) is 4.83. The summed E-state index contributed by atoms with van der Waals surface area (Å²) in [6, 6.07) is 13.7. The number of halogens is 2. The molecule has 8 nitrogen and oxygen atoms in total. The molecule has 3 aromatic carbocycles. The number of carboxylic acids is 1. The van der Waals surface area contributed by atoms with Crippen LogP contribution in [0.4, 0.5) is 0 Å². The number of benzene rings is 3. The lowest BCUT2D eigenvalue weighted by atomic mass is 10.2. The molecule has 0 fully saturated rings. The molecule has 4 rings (SSSR count). The van der Waals surface area contributed by atoms with Gasteiger partial charge in [0, 0.05) is 29.2 Å². The number of methoxy groups -OCH3 is 1. The second-order valence-electron chi connectivity index (χ2n) is 7.04. The van der Waals surface area contributed by atoms with Crippen LogP contribution in [0, 0.1) is 0 Å². The molecule has 176 valence electrons. The number of H-pyrrole nitrogens is 1. The Morgan fingerprint density at radius 3 is 2.24 bits per heavy atom. The Morgan fingerprint density at radius 2 is 1.62 bits per heavy atom. The Kier molecular flexibility index (Phi) is 6.60. The molecule has 34 heavy (non-hydrogen) atoms. The van der Waals surface area contributed by atoms with Crippen LogP contribution in [0.3, 0.4) is 0 Å². The van der Waals surface area contributed by atoms with E-state index >= 15 is 0 Å². The summed E-state index contributed by atoms with van der Waals surface area (Å²) in [7, 11) is -2.33. The minimum Gasteiger partial charge on any atom is -0.497 e. The van der Waals surface area contributed by atoms with Crippen LogP contribution in [0.15, 0.2) is 70.6 Å². The molecule has 1 heterocycles. The monoisotopic (exact) mass is 521 g/mol. The van der Waals surface area contributed by atoms with Crippen molar-refractivity contribution in [2.75, 3.05) is 13.7 Å². The van der Waals surface area contributed by atoms with Gasteiger partial charge in [-0.2, -0.15) is 0 Å². The van der Waals surface area contributed by atoms with Gasteiger partial charge in [-0.3, -0.25) is 0 Å². The highest BCUT2D eigenvalue weighted by atomic mass is 35.5. The first-order valence-corrected chi connectivity index (χ1v) is 11.9. The fraction of sp³-hybridized carbons (Fsp3) is 0.0870. The van der Waals surface area contributed by atoms with E-state index in [0.29, 0.717) is 22.4 Å². The van der Waals surface area contributed by atoms with Gasteiger partial charge in [-0.15, -0.1) is 0 Å². The number of aliphatic carboxylic acids is 1. The molecular formula is C23H17Cl2NO7S. The van der Waals surface area contributed by atoms with E-state index < -0.39 is 22.4 Å². The van der Waals surface area contributed by atoms with E-state index in [1.165, 1.54) is 37.6 Å². The molecular weight excluding hydrogens is 505 g/mol. The van der Waals surface area contributed by atoms with Crippen molar-refractivity contribution in [3.63, 3.8) is 0 Å². The Labute approximate surface area is 204 Å². The zero-order chi connectivity index (χ0) is 24.5. The van der Waals surface area contributed by atoms with E-state index in [-0.39, 0.29) is 31.3 Å². The topological polar surface area (TPSA) is 115 Å². The van der Waals surface area contributed by atoms with Crippen molar-refractivity contribution < 1.29 is 32.5 Å². The average molecular weight is 522 g/mol. The van der Waals surface area contributed by atoms with Crippen LogP contribution in [0.25, 0.3) is 10.9 Å². The van der Waals surface area contributed by atoms with Gasteiger partial charge in [0.25, 0.3) is 0 Å². The molecule has 0 radical (unpaired) electrons.